The lowest BCUT2D eigenvalue weighted by molar-refractivity contribution is 0.465. The summed E-state index contributed by atoms with van der Waals surface area (Å²) >= 11 is 0. The Balaban J connectivity index is 2.22. The molecule has 0 amide bonds. The maximum Gasteiger partial charge on any atom is 0.0402 e. The number of rotatable bonds is 6. The summed E-state index contributed by atoms with van der Waals surface area (Å²) in [6.07, 6.45) is 8.60. The SMILES string of the molecule is CCCNC(c1cccnc1)C(C)c1ccncc1. The van der Waals surface area contributed by atoms with Gasteiger partial charge in [0.25, 0.3) is 0 Å². The van der Waals surface area contributed by atoms with Gasteiger partial charge in [0.2, 0.25) is 0 Å². The van der Waals surface area contributed by atoms with Crippen LogP contribution in [0.15, 0.2) is 49.1 Å². The maximum atomic E-state index is 4.24. The van der Waals surface area contributed by atoms with Gasteiger partial charge in [-0.3, -0.25) is 9.97 Å². The van der Waals surface area contributed by atoms with E-state index in [0.29, 0.717) is 5.92 Å². The van der Waals surface area contributed by atoms with Crippen molar-refractivity contribution in [3.63, 3.8) is 0 Å². The van der Waals surface area contributed by atoms with E-state index in [2.05, 4.69) is 47.3 Å². The van der Waals surface area contributed by atoms with Gasteiger partial charge >= 0.3 is 0 Å². The van der Waals surface area contributed by atoms with Crippen molar-refractivity contribution in [1.29, 1.82) is 0 Å². The quantitative estimate of drug-likeness (QED) is 0.860. The predicted molar refractivity (Wildman–Crippen MR) is 77.9 cm³/mol. The molecule has 0 aromatic carbocycles. The summed E-state index contributed by atoms with van der Waals surface area (Å²) in [5.74, 6) is 0.388. The molecular weight excluding hydrogens is 234 g/mol. The summed E-state index contributed by atoms with van der Waals surface area (Å²) in [4.78, 5) is 8.33. The highest BCUT2D eigenvalue weighted by molar-refractivity contribution is 5.24. The Hall–Kier alpha value is -1.74. The minimum Gasteiger partial charge on any atom is -0.309 e. The summed E-state index contributed by atoms with van der Waals surface area (Å²) in [5.41, 5.74) is 2.53. The largest absolute Gasteiger partial charge is 0.309 e. The Morgan fingerprint density at radius 3 is 2.47 bits per heavy atom. The van der Waals surface area contributed by atoms with Crippen molar-refractivity contribution in [2.75, 3.05) is 6.54 Å². The van der Waals surface area contributed by atoms with Gasteiger partial charge in [0.1, 0.15) is 0 Å². The lowest BCUT2D eigenvalue weighted by atomic mass is 9.89. The average Bonchev–Trinajstić information content (AvgIpc) is 2.49. The van der Waals surface area contributed by atoms with E-state index in [0.717, 1.165) is 13.0 Å². The van der Waals surface area contributed by atoms with Gasteiger partial charge in [-0.25, -0.2) is 0 Å². The van der Waals surface area contributed by atoms with Crippen LogP contribution in [0, 0.1) is 0 Å². The molecule has 100 valence electrons. The number of nitrogens with zero attached hydrogens (tertiary/aromatic N) is 2. The summed E-state index contributed by atoms with van der Waals surface area (Å²) in [6.45, 7) is 5.44. The van der Waals surface area contributed by atoms with Crippen molar-refractivity contribution in [3.05, 3.63) is 60.2 Å². The van der Waals surface area contributed by atoms with E-state index in [1.165, 1.54) is 11.1 Å². The van der Waals surface area contributed by atoms with E-state index in [1.54, 1.807) is 0 Å². The van der Waals surface area contributed by atoms with Crippen LogP contribution >= 0.6 is 0 Å². The van der Waals surface area contributed by atoms with Gasteiger partial charge in [-0.1, -0.05) is 19.9 Å². The van der Waals surface area contributed by atoms with Crippen molar-refractivity contribution < 1.29 is 0 Å². The molecule has 2 rings (SSSR count). The van der Waals surface area contributed by atoms with Crippen LogP contribution in [0.25, 0.3) is 0 Å². The second-order valence-corrected chi connectivity index (χ2v) is 4.79. The van der Waals surface area contributed by atoms with Crippen LogP contribution in [0.5, 0.6) is 0 Å². The first-order valence-corrected chi connectivity index (χ1v) is 6.86. The van der Waals surface area contributed by atoms with Crippen LogP contribution in [0.3, 0.4) is 0 Å². The van der Waals surface area contributed by atoms with E-state index in [-0.39, 0.29) is 6.04 Å². The Morgan fingerprint density at radius 2 is 1.84 bits per heavy atom. The molecule has 0 aliphatic rings. The smallest absolute Gasteiger partial charge is 0.0402 e. The zero-order chi connectivity index (χ0) is 13.5. The lowest BCUT2D eigenvalue weighted by Gasteiger charge is -2.25. The van der Waals surface area contributed by atoms with Crippen molar-refractivity contribution in [2.24, 2.45) is 0 Å². The van der Waals surface area contributed by atoms with Crippen LogP contribution in [0.4, 0.5) is 0 Å². The normalized spacial score (nSPS) is 14.0. The van der Waals surface area contributed by atoms with E-state index < -0.39 is 0 Å². The number of aromatic nitrogens is 2. The molecule has 2 aromatic rings. The third-order valence-electron chi connectivity index (χ3n) is 3.39. The van der Waals surface area contributed by atoms with Gasteiger partial charge in [-0.05, 0) is 42.3 Å². The minimum atomic E-state index is 0.288. The monoisotopic (exact) mass is 255 g/mol. The Bertz CT molecular complexity index is 470. The second kappa shape index (κ2) is 7.00. The molecule has 0 aliphatic heterocycles. The van der Waals surface area contributed by atoms with E-state index in [4.69, 9.17) is 0 Å². The third kappa shape index (κ3) is 3.61. The third-order valence-corrected chi connectivity index (χ3v) is 3.39. The van der Waals surface area contributed by atoms with Crippen molar-refractivity contribution in [3.8, 4) is 0 Å². The first kappa shape index (κ1) is 13.7. The molecule has 0 radical (unpaired) electrons. The Labute approximate surface area is 115 Å². The zero-order valence-corrected chi connectivity index (χ0v) is 11.6. The number of nitrogens with one attached hydrogen (secondary N) is 1. The highest BCUT2D eigenvalue weighted by Crippen LogP contribution is 2.29. The van der Waals surface area contributed by atoms with Gasteiger partial charge in [-0.2, -0.15) is 0 Å². The molecule has 0 bridgehead atoms. The molecule has 3 nitrogen and oxygen atoms in total. The van der Waals surface area contributed by atoms with Crippen LogP contribution in [-0.4, -0.2) is 16.5 Å². The van der Waals surface area contributed by atoms with Gasteiger partial charge < -0.3 is 5.32 Å². The topological polar surface area (TPSA) is 37.8 Å². The molecule has 0 fully saturated rings. The Kier molecular flexibility index (Phi) is 5.04. The summed E-state index contributed by atoms with van der Waals surface area (Å²) in [5, 5.41) is 3.62. The van der Waals surface area contributed by atoms with Crippen LogP contribution in [-0.2, 0) is 0 Å². The first-order valence-electron chi connectivity index (χ1n) is 6.86. The van der Waals surface area contributed by atoms with Crippen molar-refractivity contribution in [1.82, 2.24) is 15.3 Å². The summed E-state index contributed by atoms with van der Waals surface area (Å²) in [7, 11) is 0. The fourth-order valence-electron chi connectivity index (χ4n) is 2.30. The zero-order valence-electron chi connectivity index (χ0n) is 11.6. The van der Waals surface area contributed by atoms with Gasteiger partial charge in [0.05, 0.1) is 0 Å². The van der Waals surface area contributed by atoms with E-state index in [1.807, 2.05) is 30.9 Å². The molecule has 0 saturated carbocycles. The van der Waals surface area contributed by atoms with Crippen LogP contribution in [0.2, 0.25) is 0 Å². The van der Waals surface area contributed by atoms with Crippen molar-refractivity contribution >= 4 is 0 Å². The van der Waals surface area contributed by atoms with Gasteiger partial charge in [-0.15, -0.1) is 0 Å². The molecule has 3 heteroatoms. The highest BCUT2D eigenvalue weighted by atomic mass is 14.9. The minimum absolute atomic E-state index is 0.288. The second-order valence-electron chi connectivity index (χ2n) is 4.79. The fourth-order valence-corrected chi connectivity index (χ4v) is 2.30. The predicted octanol–water partition coefficient (Wildman–Crippen LogP) is 3.32. The molecule has 2 unspecified atom stereocenters. The lowest BCUT2D eigenvalue weighted by Crippen LogP contribution is -2.26. The number of pyridine rings is 2. The maximum absolute atomic E-state index is 4.24. The molecule has 0 saturated heterocycles. The molecule has 2 aromatic heterocycles. The standard InChI is InChI=1S/C16H21N3/c1-3-8-19-16(15-5-4-9-18-12-15)13(2)14-6-10-17-11-7-14/h4-7,9-13,16,19H,3,8H2,1-2H3. The average molecular weight is 255 g/mol. The molecular formula is C16H21N3. The molecule has 2 heterocycles. The summed E-state index contributed by atoms with van der Waals surface area (Å²) in [6, 6.07) is 8.59. The molecule has 0 aliphatic carbocycles. The van der Waals surface area contributed by atoms with Crippen LogP contribution < -0.4 is 5.32 Å². The Morgan fingerprint density at radius 1 is 1.05 bits per heavy atom. The number of hydrogen-bond donors (Lipinski definition) is 1. The molecule has 1 N–H and O–H groups in total. The van der Waals surface area contributed by atoms with E-state index >= 15 is 0 Å². The van der Waals surface area contributed by atoms with Crippen molar-refractivity contribution in [2.45, 2.75) is 32.2 Å². The number of hydrogen-bond acceptors (Lipinski definition) is 3. The molecule has 2 atom stereocenters. The first-order chi connectivity index (χ1) is 9.33. The summed E-state index contributed by atoms with van der Waals surface area (Å²) < 4.78 is 0. The van der Waals surface area contributed by atoms with Crippen LogP contribution in [0.1, 0.15) is 43.4 Å². The van der Waals surface area contributed by atoms with Gasteiger partial charge in [0.15, 0.2) is 0 Å². The highest BCUT2D eigenvalue weighted by Gasteiger charge is 2.20. The molecule has 19 heavy (non-hydrogen) atoms. The fraction of sp³-hybridized carbons (Fsp3) is 0.375. The molecule has 0 spiro atoms. The van der Waals surface area contributed by atoms with Gasteiger partial charge in [0, 0.05) is 36.7 Å². The van der Waals surface area contributed by atoms with E-state index in [9.17, 15) is 0 Å².